The van der Waals surface area contributed by atoms with Gasteiger partial charge in [-0.3, -0.25) is 4.90 Å². The Morgan fingerprint density at radius 3 is 2.55 bits per heavy atom. The minimum atomic E-state index is 0.265. The summed E-state index contributed by atoms with van der Waals surface area (Å²) in [6, 6.07) is 19.1. The molecule has 2 aromatic carbocycles. The molecule has 3 rings (SSSR count). The van der Waals surface area contributed by atoms with E-state index in [9.17, 15) is 0 Å². The van der Waals surface area contributed by atoms with Gasteiger partial charge in [-0.2, -0.15) is 0 Å². The molecular weight excluding hydrogens is 292 g/mol. The second kappa shape index (κ2) is 7.28. The first-order valence-electron chi connectivity index (χ1n) is 7.95. The number of likely N-dealkylation sites (tertiary alicyclic amines) is 1. The molecule has 0 spiro atoms. The lowest BCUT2D eigenvalue weighted by Gasteiger charge is -2.36. The number of piperidine rings is 1. The maximum atomic E-state index is 6.29. The van der Waals surface area contributed by atoms with Crippen LogP contribution < -0.4 is 5.73 Å². The third-order valence-electron chi connectivity index (χ3n) is 4.31. The Hall–Kier alpha value is -1.35. The lowest BCUT2D eigenvalue weighted by Crippen LogP contribution is -2.47. The van der Waals surface area contributed by atoms with E-state index in [1.54, 1.807) is 0 Å². The molecule has 0 radical (unpaired) electrons. The number of hydrogen-bond acceptors (Lipinski definition) is 2. The van der Waals surface area contributed by atoms with E-state index in [0.717, 1.165) is 37.5 Å². The van der Waals surface area contributed by atoms with Gasteiger partial charge in [-0.15, -0.1) is 0 Å². The highest BCUT2D eigenvalue weighted by atomic mass is 35.5. The number of halogens is 1. The molecule has 2 aromatic rings. The zero-order chi connectivity index (χ0) is 15.4. The Labute approximate surface area is 137 Å². The van der Waals surface area contributed by atoms with Crippen LogP contribution in [0.3, 0.4) is 0 Å². The number of rotatable bonds is 4. The van der Waals surface area contributed by atoms with Crippen molar-refractivity contribution in [1.29, 1.82) is 0 Å². The van der Waals surface area contributed by atoms with Crippen molar-refractivity contribution >= 4 is 11.6 Å². The fraction of sp³-hybridized carbons (Fsp3) is 0.368. The largest absolute Gasteiger partial charge is 0.327 e. The summed E-state index contributed by atoms with van der Waals surface area (Å²) < 4.78 is 0. The van der Waals surface area contributed by atoms with Crippen molar-refractivity contribution in [1.82, 2.24) is 4.90 Å². The van der Waals surface area contributed by atoms with Crippen molar-refractivity contribution in [2.75, 3.05) is 13.1 Å². The monoisotopic (exact) mass is 314 g/mol. The maximum Gasteiger partial charge on any atom is 0.0409 e. The molecule has 116 valence electrons. The zero-order valence-corrected chi connectivity index (χ0v) is 13.5. The van der Waals surface area contributed by atoms with Crippen LogP contribution in [0.2, 0.25) is 5.02 Å². The van der Waals surface area contributed by atoms with Gasteiger partial charge < -0.3 is 5.73 Å². The lowest BCUT2D eigenvalue weighted by molar-refractivity contribution is 0.149. The molecule has 0 amide bonds. The van der Waals surface area contributed by atoms with Crippen molar-refractivity contribution < 1.29 is 0 Å². The zero-order valence-electron chi connectivity index (χ0n) is 12.8. The molecule has 0 bridgehead atoms. The SMILES string of the molecule is NC1CC(Cc2ccccc2)CN(Cc2cccc(Cl)c2)C1. The summed E-state index contributed by atoms with van der Waals surface area (Å²) in [7, 11) is 0. The van der Waals surface area contributed by atoms with Crippen LogP contribution in [-0.2, 0) is 13.0 Å². The molecule has 0 aliphatic carbocycles. The average molecular weight is 315 g/mol. The molecule has 22 heavy (non-hydrogen) atoms. The second-order valence-corrected chi connectivity index (χ2v) is 6.81. The molecule has 1 heterocycles. The van der Waals surface area contributed by atoms with Crippen LogP contribution in [0, 0.1) is 5.92 Å². The van der Waals surface area contributed by atoms with Crippen LogP contribution in [-0.4, -0.2) is 24.0 Å². The van der Waals surface area contributed by atoms with E-state index in [2.05, 4.69) is 41.3 Å². The summed E-state index contributed by atoms with van der Waals surface area (Å²) >= 11 is 6.08. The van der Waals surface area contributed by atoms with E-state index >= 15 is 0 Å². The maximum absolute atomic E-state index is 6.29. The molecule has 0 aromatic heterocycles. The van der Waals surface area contributed by atoms with Gasteiger partial charge in [0, 0.05) is 30.7 Å². The van der Waals surface area contributed by atoms with Gasteiger partial charge in [0.2, 0.25) is 0 Å². The molecule has 2 N–H and O–H groups in total. The Bertz CT molecular complexity index is 599. The highest BCUT2D eigenvalue weighted by Gasteiger charge is 2.25. The molecule has 1 fully saturated rings. The molecule has 2 nitrogen and oxygen atoms in total. The van der Waals surface area contributed by atoms with Gasteiger partial charge in [-0.25, -0.2) is 0 Å². The van der Waals surface area contributed by atoms with Crippen LogP contribution in [0.5, 0.6) is 0 Å². The number of benzene rings is 2. The van der Waals surface area contributed by atoms with Crippen molar-refractivity contribution in [2.45, 2.75) is 25.4 Å². The standard InChI is InChI=1S/C19H23ClN2/c20-18-8-4-7-16(10-18)12-22-13-17(11-19(21)14-22)9-15-5-2-1-3-6-15/h1-8,10,17,19H,9,11-14,21H2. The molecular formula is C19H23ClN2. The van der Waals surface area contributed by atoms with Crippen LogP contribution in [0.25, 0.3) is 0 Å². The van der Waals surface area contributed by atoms with Gasteiger partial charge >= 0.3 is 0 Å². The molecule has 2 atom stereocenters. The summed E-state index contributed by atoms with van der Waals surface area (Å²) in [6.07, 6.45) is 2.22. The predicted octanol–water partition coefficient (Wildman–Crippen LogP) is 3.73. The van der Waals surface area contributed by atoms with Crippen molar-refractivity contribution in [3.63, 3.8) is 0 Å². The molecule has 3 heteroatoms. The first kappa shape index (κ1) is 15.5. The predicted molar refractivity (Wildman–Crippen MR) is 93.0 cm³/mol. The summed E-state index contributed by atoms with van der Waals surface area (Å²) in [5.41, 5.74) is 8.96. The van der Waals surface area contributed by atoms with E-state index in [0.29, 0.717) is 5.92 Å². The van der Waals surface area contributed by atoms with Gasteiger partial charge in [-0.1, -0.05) is 54.1 Å². The first-order chi connectivity index (χ1) is 10.7. The van der Waals surface area contributed by atoms with Crippen molar-refractivity contribution in [2.24, 2.45) is 11.7 Å². The van der Waals surface area contributed by atoms with Crippen LogP contribution >= 0.6 is 11.6 Å². The normalized spacial score (nSPS) is 22.6. The molecule has 1 aliphatic rings. The third-order valence-corrected chi connectivity index (χ3v) is 4.54. The molecule has 1 aliphatic heterocycles. The number of hydrogen-bond donors (Lipinski definition) is 1. The van der Waals surface area contributed by atoms with Crippen LogP contribution in [0.1, 0.15) is 17.5 Å². The van der Waals surface area contributed by atoms with Gasteiger partial charge in [-0.05, 0) is 42.0 Å². The Morgan fingerprint density at radius 1 is 1.00 bits per heavy atom. The van der Waals surface area contributed by atoms with Gasteiger partial charge in [0.05, 0.1) is 0 Å². The number of nitrogens with two attached hydrogens (primary N) is 1. The summed E-state index contributed by atoms with van der Waals surface area (Å²) in [5, 5.41) is 0.805. The quantitative estimate of drug-likeness (QED) is 0.931. The van der Waals surface area contributed by atoms with Crippen LogP contribution in [0.4, 0.5) is 0 Å². The van der Waals surface area contributed by atoms with Gasteiger partial charge in [0.1, 0.15) is 0 Å². The van der Waals surface area contributed by atoms with Crippen molar-refractivity contribution in [3.8, 4) is 0 Å². The Kier molecular flexibility index (Phi) is 5.14. The summed E-state index contributed by atoms with van der Waals surface area (Å²) in [6.45, 7) is 3.01. The topological polar surface area (TPSA) is 29.3 Å². The highest BCUT2D eigenvalue weighted by molar-refractivity contribution is 6.30. The second-order valence-electron chi connectivity index (χ2n) is 6.38. The lowest BCUT2D eigenvalue weighted by atomic mass is 9.89. The molecule has 0 saturated carbocycles. The van der Waals surface area contributed by atoms with E-state index in [4.69, 9.17) is 17.3 Å². The minimum Gasteiger partial charge on any atom is -0.327 e. The van der Waals surface area contributed by atoms with Gasteiger partial charge in [0.25, 0.3) is 0 Å². The van der Waals surface area contributed by atoms with E-state index < -0.39 is 0 Å². The average Bonchev–Trinajstić information content (AvgIpc) is 2.47. The van der Waals surface area contributed by atoms with Gasteiger partial charge in [0.15, 0.2) is 0 Å². The fourth-order valence-electron chi connectivity index (χ4n) is 3.47. The summed E-state index contributed by atoms with van der Waals surface area (Å²) in [5.74, 6) is 0.630. The van der Waals surface area contributed by atoms with E-state index in [1.807, 2.05) is 18.2 Å². The van der Waals surface area contributed by atoms with Crippen LogP contribution in [0.15, 0.2) is 54.6 Å². The molecule has 2 unspecified atom stereocenters. The smallest absolute Gasteiger partial charge is 0.0409 e. The van der Waals surface area contributed by atoms with Crippen molar-refractivity contribution in [3.05, 3.63) is 70.7 Å². The molecule has 1 saturated heterocycles. The fourth-order valence-corrected chi connectivity index (χ4v) is 3.68. The minimum absolute atomic E-state index is 0.265. The Morgan fingerprint density at radius 2 is 1.77 bits per heavy atom. The Balaban J connectivity index is 1.63. The summed E-state index contributed by atoms with van der Waals surface area (Å²) in [4.78, 5) is 2.47. The first-order valence-corrected chi connectivity index (χ1v) is 8.33. The van der Waals surface area contributed by atoms with E-state index in [1.165, 1.54) is 11.1 Å². The number of nitrogens with zero attached hydrogens (tertiary/aromatic N) is 1. The highest BCUT2D eigenvalue weighted by Crippen LogP contribution is 2.22. The third kappa shape index (κ3) is 4.33. The van der Waals surface area contributed by atoms with E-state index in [-0.39, 0.29) is 6.04 Å².